The summed E-state index contributed by atoms with van der Waals surface area (Å²) >= 11 is 7.96. The summed E-state index contributed by atoms with van der Waals surface area (Å²) in [6.45, 7) is 7.18. The summed E-state index contributed by atoms with van der Waals surface area (Å²) in [4.78, 5) is 6.08. The van der Waals surface area contributed by atoms with Crippen LogP contribution in [0.2, 0.25) is 5.02 Å². The molecule has 4 heteroatoms. The third kappa shape index (κ3) is 3.16. The molecule has 0 radical (unpaired) electrons. The molecule has 2 aromatic rings. The Hall–Kier alpha value is -0.900. The molecule has 2 N–H and O–H groups in total. The van der Waals surface area contributed by atoms with Gasteiger partial charge in [-0.25, -0.2) is 4.98 Å². The molecule has 0 saturated heterocycles. The minimum absolute atomic E-state index is 0.0283. The van der Waals surface area contributed by atoms with Gasteiger partial charge in [0.25, 0.3) is 0 Å². The lowest BCUT2D eigenvalue weighted by molar-refractivity contribution is 0.566. The molecule has 0 atom stereocenters. The molecule has 0 fully saturated rings. The normalized spacial score (nSPS) is 11.8. The van der Waals surface area contributed by atoms with E-state index in [4.69, 9.17) is 22.3 Å². The molecule has 0 aliphatic heterocycles. The third-order valence-corrected chi connectivity index (χ3v) is 4.36. The van der Waals surface area contributed by atoms with Gasteiger partial charge in [0.2, 0.25) is 0 Å². The van der Waals surface area contributed by atoms with Crippen LogP contribution in [0.3, 0.4) is 0 Å². The van der Waals surface area contributed by atoms with Gasteiger partial charge in [-0.1, -0.05) is 50.6 Å². The van der Waals surface area contributed by atoms with Crippen LogP contribution in [0.25, 0.3) is 10.6 Å². The minimum Gasteiger partial charge on any atom is -0.330 e. The van der Waals surface area contributed by atoms with Crippen LogP contribution in [-0.4, -0.2) is 11.5 Å². The van der Waals surface area contributed by atoms with E-state index in [2.05, 4.69) is 20.8 Å². The fraction of sp³-hybridized carbons (Fsp3) is 0.400. The molecule has 0 saturated carbocycles. The van der Waals surface area contributed by atoms with Crippen molar-refractivity contribution in [3.05, 3.63) is 39.9 Å². The van der Waals surface area contributed by atoms with E-state index in [-0.39, 0.29) is 5.41 Å². The molecule has 2 nitrogen and oxygen atoms in total. The van der Waals surface area contributed by atoms with E-state index in [1.54, 1.807) is 11.3 Å². The van der Waals surface area contributed by atoms with Crippen LogP contribution >= 0.6 is 22.9 Å². The van der Waals surface area contributed by atoms with E-state index in [1.807, 2.05) is 24.3 Å². The van der Waals surface area contributed by atoms with E-state index in [1.165, 1.54) is 4.88 Å². The molecule has 19 heavy (non-hydrogen) atoms. The number of nitrogens with two attached hydrogens (primary N) is 1. The highest BCUT2D eigenvalue weighted by Gasteiger charge is 2.23. The molecule has 0 unspecified atom stereocenters. The van der Waals surface area contributed by atoms with Gasteiger partial charge in [-0.15, -0.1) is 11.3 Å². The van der Waals surface area contributed by atoms with Crippen LogP contribution in [0, 0.1) is 0 Å². The molecular formula is C15H19ClN2S. The number of benzene rings is 1. The van der Waals surface area contributed by atoms with Crippen molar-refractivity contribution in [3.63, 3.8) is 0 Å². The number of hydrogen-bond acceptors (Lipinski definition) is 3. The summed E-state index contributed by atoms with van der Waals surface area (Å²) in [5, 5.41) is 1.73. The number of rotatable bonds is 3. The van der Waals surface area contributed by atoms with Crippen molar-refractivity contribution in [2.45, 2.75) is 32.6 Å². The first-order chi connectivity index (χ1) is 8.93. The van der Waals surface area contributed by atoms with Crippen molar-refractivity contribution in [2.24, 2.45) is 5.73 Å². The maximum absolute atomic E-state index is 6.25. The van der Waals surface area contributed by atoms with E-state index < -0.39 is 0 Å². The van der Waals surface area contributed by atoms with Gasteiger partial charge in [0, 0.05) is 15.9 Å². The number of hydrogen-bond donors (Lipinski definition) is 1. The Kier molecular flexibility index (Phi) is 4.29. The standard InChI is InChI=1S/C15H19ClN2S/c1-15(2,3)13-12(8-9-17)19-14(18-13)10-6-4-5-7-11(10)16/h4-7H,8-9,17H2,1-3H3. The maximum atomic E-state index is 6.25. The lowest BCUT2D eigenvalue weighted by Gasteiger charge is -2.17. The predicted octanol–water partition coefficient (Wildman–Crippen LogP) is 4.26. The highest BCUT2D eigenvalue weighted by atomic mass is 35.5. The van der Waals surface area contributed by atoms with Gasteiger partial charge >= 0.3 is 0 Å². The van der Waals surface area contributed by atoms with Crippen molar-refractivity contribution in [1.29, 1.82) is 0 Å². The molecule has 0 bridgehead atoms. The van der Waals surface area contributed by atoms with Gasteiger partial charge in [0.1, 0.15) is 5.01 Å². The van der Waals surface area contributed by atoms with Gasteiger partial charge < -0.3 is 5.73 Å². The fourth-order valence-corrected chi connectivity index (χ4v) is 3.60. The minimum atomic E-state index is 0.0283. The maximum Gasteiger partial charge on any atom is 0.125 e. The molecule has 1 aromatic carbocycles. The fourth-order valence-electron chi connectivity index (χ4n) is 1.99. The van der Waals surface area contributed by atoms with E-state index in [0.29, 0.717) is 6.54 Å². The monoisotopic (exact) mass is 294 g/mol. The van der Waals surface area contributed by atoms with Crippen molar-refractivity contribution in [3.8, 4) is 10.6 Å². The van der Waals surface area contributed by atoms with Crippen molar-refractivity contribution < 1.29 is 0 Å². The van der Waals surface area contributed by atoms with Crippen LogP contribution < -0.4 is 5.73 Å². The predicted molar refractivity (Wildman–Crippen MR) is 84.0 cm³/mol. The Labute approximate surface area is 123 Å². The Balaban J connectivity index is 2.52. The Morgan fingerprint density at radius 2 is 1.95 bits per heavy atom. The molecule has 0 amide bonds. The molecule has 0 spiro atoms. The quantitative estimate of drug-likeness (QED) is 0.918. The lowest BCUT2D eigenvalue weighted by atomic mass is 9.91. The molecule has 0 aliphatic carbocycles. The highest BCUT2D eigenvalue weighted by molar-refractivity contribution is 7.15. The third-order valence-electron chi connectivity index (χ3n) is 2.88. The molecule has 102 valence electrons. The van der Waals surface area contributed by atoms with E-state index >= 15 is 0 Å². The average Bonchev–Trinajstić information content (AvgIpc) is 2.74. The Morgan fingerprint density at radius 1 is 1.26 bits per heavy atom. The van der Waals surface area contributed by atoms with Crippen LogP contribution in [0.4, 0.5) is 0 Å². The van der Waals surface area contributed by atoms with Crippen molar-refractivity contribution in [1.82, 2.24) is 4.98 Å². The van der Waals surface area contributed by atoms with Gasteiger partial charge in [-0.2, -0.15) is 0 Å². The molecule has 2 rings (SSSR count). The van der Waals surface area contributed by atoms with Gasteiger partial charge in [0.15, 0.2) is 0 Å². The van der Waals surface area contributed by atoms with E-state index in [9.17, 15) is 0 Å². The molecule has 0 aliphatic rings. The van der Waals surface area contributed by atoms with Crippen LogP contribution in [0.1, 0.15) is 31.3 Å². The summed E-state index contributed by atoms with van der Waals surface area (Å²) < 4.78 is 0. The second-order valence-corrected chi connectivity index (χ2v) is 7.05. The zero-order chi connectivity index (χ0) is 14.0. The van der Waals surface area contributed by atoms with Crippen molar-refractivity contribution >= 4 is 22.9 Å². The largest absolute Gasteiger partial charge is 0.330 e. The van der Waals surface area contributed by atoms with Gasteiger partial charge in [-0.3, -0.25) is 0 Å². The van der Waals surface area contributed by atoms with Gasteiger partial charge in [0.05, 0.1) is 10.7 Å². The second-order valence-electron chi connectivity index (χ2n) is 5.56. The summed E-state index contributed by atoms with van der Waals surface area (Å²) in [5.74, 6) is 0. The molecule has 1 aromatic heterocycles. The number of thiazole rings is 1. The first-order valence-corrected chi connectivity index (χ1v) is 7.58. The summed E-state index contributed by atoms with van der Waals surface area (Å²) in [6.07, 6.45) is 0.870. The first kappa shape index (κ1) is 14.5. The summed E-state index contributed by atoms with van der Waals surface area (Å²) in [7, 11) is 0. The van der Waals surface area contributed by atoms with Gasteiger partial charge in [-0.05, 0) is 19.0 Å². The van der Waals surface area contributed by atoms with Crippen LogP contribution in [0.5, 0.6) is 0 Å². The summed E-state index contributed by atoms with van der Waals surface area (Å²) in [5.41, 5.74) is 7.87. The zero-order valence-electron chi connectivity index (χ0n) is 11.5. The number of halogens is 1. The van der Waals surface area contributed by atoms with Crippen LogP contribution in [-0.2, 0) is 11.8 Å². The topological polar surface area (TPSA) is 38.9 Å². The molecular weight excluding hydrogens is 276 g/mol. The molecule has 1 heterocycles. The SMILES string of the molecule is CC(C)(C)c1nc(-c2ccccc2Cl)sc1CCN. The Bertz CT molecular complexity index is 570. The Morgan fingerprint density at radius 3 is 2.53 bits per heavy atom. The second kappa shape index (κ2) is 5.61. The average molecular weight is 295 g/mol. The highest BCUT2D eigenvalue weighted by Crippen LogP contribution is 2.37. The zero-order valence-corrected chi connectivity index (χ0v) is 13.1. The smallest absolute Gasteiger partial charge is 0.125 e. The first-order valence-electron chi connectivity index (χ1n) is 6.38. The number of aromatic nitrogens is 1. The number of nitrogens with zero attached hydrogens (tertiary/aromatic N) is 1. The van der Waals surface area contributed by atoms with Crippen LogP contribution in [0.15, 0.2) is 24.3 Å². The summed E-state index contributed by atoms with van der Waals surface area (Å²) in [6, 6.07) is 7.84. The van der Waals surface area contributed by atoms with Crippen molar-refractivity contribution in [2.75, 3.05) is 6.54 Å². The van der Waals surface area contributed by atoms with E-state index in [0.717, 1.165) is 27.7 Å². The lowest BCUT2D eigenvalue weighted by Crippen LogP contribution is -2.15.